The summed E-state index contributed by atoms with van der Waals surface area (Å²) in [7, 11) is 0. The van der Waals surface area contributed by atoms with Crippen molar-refractivity contribution in [2.24, 2.45) is 5.73 Å². The molecule has 7 heteroatoms. The zero-order chi connectivity index (χ0) is 19.0. The van der Waals surface area contributed by atoms with Crippen molar-refractivity contribution in [3.05, 3.63) is 34.9 Å². The molecule has 2 aliphatic heterocycles. The average Bonchev–Trinajstić information content (AvgIpc) is 3.46. The molecule has 7 nitrogen and oxygen atoms in total. The van der Waals surface area contributed by atoms with Crippen LogP contribution in [0.1, 0.15) is 47.2 Å². The van der Waals surface area contributed by atoms with E-state index in [1.165, 1.54) is 0 Å². The van der Waals surface area contributed by atoms with E-state index in [2.05, 4.69) is 11.4 Å². The maximum atomic E-state index is 12.5. The van der Waals surface area contributed by atoms with Crippen molar-refractivity contribution in [2.75, 3.05) is 13.2 Å². The number of benzene rings is 1. The lowest BCUT2D eigenvalue weighted by molar-refractivity contribution is -0.130. The van der Waals surface area contributed by atoms with Gasteiger partial charge in [0.05, 0.1) is 11.6 Å². The molecule has 1 atom stereocenters. The number of nitrogens with one attached hydrogen (secondary N) is 1. The Morgan fingerprint density at radius 1 is 1.41 bits per heavy atom. The van der Waals surface area contributed by atoms with Crippen LogP contribution in [0.25, 0.3) is 0 Å². The van der Waals surface area contributed by atoms with E-state index in [9.17, 15) is 14.9 Å². The molecule has 0 radical (unpaired) electrons. The Hall–Kier alpha value is -2.43. The molecule has 27 heavy (non-hydrogen) atoms. The molecular weight excluding hydrogens is 344 g/mol. The van der Waals surface area contributed by atoms with Gasteiger partial charge in [0, 0.05) is 37.8 Å². The summed E-state index contributed by atoms with van der Waals surface area (Å²) in [6.07, 6.45) is 3.46. The Bertz CT molecular complexity index is 806. The monoisotopic (exact) mass is 368 g/mol. The van der Waals surface area contributed by atoms with Crippen LogP contribution in [0.2, 0.25) is 0 Å². The van der Waals surface area contributed by atoms with Crippen molar-refractivity contribution in [2.45, 2.75) is 56.3 Å². The minimum Gasteiger partial charge on any atom is -0.381 e. The van der Waals surface area contributed by atoms with Crippen LogP contribution >= 0.6 is 0 Å². The van der Waals surface area contributed by atoms with Gasteiger partial charge in [0.2, 0.25) is 5.91 Å². The second-order valence-electron chi connectivity index (χ2n) is 7.78. The summed E-state index contributed by atoms with van der Waals surface area (Å²) in [4.78, 5) is 26.9. The molecule has 1 aromatic rings. The smallest absolute Gasteiger partial charge is 0.254 e. The Balaban J connectivity index is 1.42. The number of hydrogen-bond donors (Lipinski definition) is 2. The maximum absolute atomic E-state index is 12.5. The lowest BCUT2D eigenvalue weighted by Gasteiger charge is -2.32. The number of carbonyl (C=O) groups excluding carboxylic acids is 2. The zero-order valence-electron chi connectivity index (χ0n) is 15.2. The van der Waals surface area contributed by atoms with Gasteiger partial charge in [0.25, 0.3) is 5.91 Å². The largest absolute Gasteiger partial charge is 0.381 e. The van der Waals surface area contributed by atoms with Gasteiger partial charge in [-0.1, -0.05) is 12.1 Å². The summed E-state index contributed by atoms with van der Waals surface area (Å²) in [5.74, 6) is -0.192. The Morgan fingerprint density at radius 2 is 2.15 bits per heavy atom. The van der Waals surface area contributed by atoms with E-state index < -0.39 is 11.6 Å². The molecule has 1 saturated carbocycles. The molecule has 0 bridgehead atoms. The number of rotatable bonds is 5. The highest BCUT2D eigenvalue weighted by atomic mass is 16.5. The lowest BCUT2D eigenvalue weighted by Crippen LogP contribution is -2.58. The topological polar surface area (TPSA) is 108 Å². The van der Waals surface area contributed by atoms with Crippen LogP contribution in [0, 0.1) is 11.3 Å². The van der Waals surface area contributed by atoms with E-state index in [0.29, 0.717) is 45.1 Å². The number of fused-ring (bicyclic) bond motifs is 1. The van der Waals surface area contributed by atoms with E-state index in [1.54, 1.807) is 0 Å². The summed E-state index contributed by atoms with van der Waals surface area (Å²) in [6.45, 7) is 1.55. The molecule has 1 saturated heterocycles. The van der Waals surface area contributed by atoms with Gasteiger partial charge in [-0.25, -0.2) is 0 Å². The molecule has 1 aliphatic carbocycles. The molecule has 2 fully saturated rings. The van der Waals surface area contributed by atoms with Gasteiger partial charge in [-0.2, -0.15) is 5.26 Å². The van der Waals surface area contributed by atoms with Gasteiger partial charge in [-0.3, -0.25) is 9.59 Å². The van der Waals surface area contributed by atoms with Crippen molar-refractivity contribution in [1.82, 2.24) is 10.2 Å². The first-order valence-electron chi connectivity index (χ1n) is 9.50. The SMILES string of the molecule is N#C[C@H](Cc1ccc2c(c1)CN(C1CC1)C2=O)NC(=O)C1(N)CCOCC1. The van der Waals surface area contributed by atoms with E-state index >= 15 is 0 Å². The van der Waals surface area contributed by atoms with E-state index in [0.717, 1.165) is 29.5 Å². The minimum absolute atomic E-state index is 0.105. The molecule has 2 heterocycles. The van der Waals surface area contributed by atoms with Crippen molar-refractivity contribution >= 4 is 11.8 Å². The Labute approximate surface area is 158 Å². The predicted octanol–water partition coefficient (Wildman–Crippen LogP) is 0.864. The Kier molecular flexibility index (Phi) is 4.62. The van der Waals surface area contributed by atoms with Gasteiger partial charge in [0.1, 0.15) is 6.04 Å². The molecular formula is C20H24N4O3. The first-order chi connectivity index (χ1) is 13.0. The van der Waals surface area contributed by atoms with Gasteiger partial charge in [0.15, 0.2) is 0 Å². The van der Waals surface area contributed by atoms with Crippen LogP contribution in [-0.2, 0) is 22.5 Å². The second kappa shape index (κ2) is 6.95. The van der Waals surface area contributed by atoms with E-state index in [-0.39, 0.29) is 11.8 Å². The quantitative estimate of drug-likeness (QED) is 0.801. The van der Waals surface area contributed by atoms with Gasteiger partial charge in [-0.05, 0) is 42.9 Å². The number of hydrogen-bond acceptors (Lipinski definition) is 5. The van der Waals surface area contributed by atoms with Crippen LogP contribution in [0.15, 0.2) is 18.2 Å². The standard InChI is InChI=1S/C20H24N4O3/c21-11-15(23-19(26)20(22)5-7-27-8-6-20)10-13-1-4-17-14(9-13)12-24(18(17)25)16-2-3-16/h1,4,9,15-16H,2-3,5-8,10,12,22H2,(H,23,26)/t15-/m0/s1. The van der Waals surface area contributed by atoms with Crippen molar-refractivity contribution < 1.29 is 14.3 Å². The van der Waals surface area contributed by atoms with Crippen LogP contribution in [0.4, 0.5) is 0 Å². The highest BCUT2D eigenvalue weighted by molar-refractivity contribution is 5.98. The van der Waals surface area contributed by atoms with E-state index in [1.807, 2.05) is 23.1 Å². The fourth-order valence-corrected chi connectivity index (χ4v) is 3.83. The summed E-state index contributed by atoms with van der Waals surface area (Å²) >= 11 is 0. The number of nitrogens with zero attached hydrogens (tertiary/aromatic N) is 2. The maximum Gasteiger partial charge on any atom is 0.254 e. The number of amides is 2. The molecule has 0 unspecified atom stereocenters. The number of nitriles is 1. The van der Waals surface area contributed by atoms with Gasteiger partial charge in [-0.15, -0.1) is 0 Å². The molecule has 3 aliphatic rings. The zero-order valence-corrected chi connectivity index (χ0v) is 15.2. The lowest BCUT2D eigenvalue weighted by atomic mass is 9.90. The molecule has 0 spiro atoms. The number of carbonyl (C=O) groups is 2. The van der Waals surface area contributed by atoms with Crippen LogP contribution < -0.4 is 11.1 Å². The highest BCUT2D eigenvalue weighted by Crippen LogP contribution is 2.35. The molecule has 2 amide bonds. The fraction of sp³-hybridized carbons (Fsp3) is 0.550. The molecule has 142 valence electrons. The summed E-state index contributed by atoms with van der Waals surface area (Å²) in [6, 6.07) is 7.58. The Morgan fingerprint density at radius 3 is 2.81 bits per heavy atom. The second-order valence-corrected chi connectivity index (χ2v) is 7.78. The average molecular weight is 368 g/mol. The van der Waals surface area contributed by atoms with Gasteiger partial charge >= 0.3 is 0 Å². The normalized spacial score (nSPS) is 22.1. The first-order valence-corrected chi connectivity index (χ1v) is 9.50. The summed E-state index contributed by atoms with van der Waals surface area (Å²) < 4.78 is 5.27. The third-order valence-corrected chi connectivity index (χ3v) is 5.73. The third-order valence-electron chi connectivity index (χ3n) is 5.73. The predicted molar refractivity (Wildman–Crippen MR) is 97.6 cm³/mol. The van der Waals surface area contributed by atoms with Crippen molar-refractivity contribution in [1.29, 1.82) is 5.26 Å². The van der Waals surface area contributed by atoms with Crippen molar-refractivity contribution in [3.63, 3.8) is 0 Å². The van der Waals surface area contributed by atoms with Crippen molar-refractivity contribution in [3.8, 4) is 6.07 Å². The molecule has 0 aromatic heterocycles. The molecule has 3 N–H and O–H groups in total. The first kappa shape index (κ1) is 18.0. The minimum atomic E-state index is -0.970. The van der Waals surface area contributed by atoms with Crippen LogP contribution in [0.5, 0.6) is 0 Å². The van der Waals surface area contributed by atoms with E-state index in [4.69, 9.17) is 10.5 Å². The third kappa shape index (κ3) is 3.55. The highest BCUT2D eigenvalue weighted by Gasteiger charge is 2.39. The molecule has 4 rings (SSSR count). The molecule has 1 aromatic carbocycles. The number of ether oxygens (including phenoxy) is 1. The number of nitrogens with two attached hydrogens (primary N) is 1. The summed E-state index contributed by atoms with van der Waals surface area (Å²) in [5, 5.41) is 12.3. The summed E-state index contributed by atoms with van der Waals surface area (Å²) in [5.41, 5.74) is 7.92. The fourth-order valence-electron chi connectivity index (χ4n) is 3.83. The van der Waals surface area contributed by atoms with Gasteiger partial charge < -0.3 is 20.7 Å². The van der Waals surface area contributed by atoms with Crippen LogP contribution in [0.3, 0.4) is 0 Å². The van der Waals surface area contributed by atoms with Crippen LogP contribution in [-0.4, -0.2) is 47.6 Å².